The summed E-state index contributed by atoms with van der Waals surface area (Å²) < 4.78 is 13.0. The lowest BCUT2D eigenvalue weighted by molar-refractivity contribution is 0.108. The number of hydrogen-bond acceptors (Lipinski definition) is 1. The first-order valence-corrected chi connectivity index (χ1v) is 4.41. The Kier molecular flexibility index (Phi) is 3.09. The average Bonchev–Trinajstić information content (AvgIpc) is 1.99. The topological polar surface area (TPSA) is 17.1 Å². The third-order valence-electron chi connectivity index (χ3n) is 1.21. The van der Waals surface area contributed by atoms with Gasteiger partial charge in [-0.2, -0.15) is 0 Å². The zero-order valence-corrected chi connectivity index (χ0v) is 8.67. The molecule has 0 amide bonds. The Morgan fingerprint density at radius 3 is 2.50 bits per heavy atom. The van der Waals surface area contributed by atoms with E-state index in [-0.39, 0.29) is 15.1 Å². The molecule has 0 saturated carbocycles. The third-order valence-corrected chi connectivity index (χ3v) is 2.76. The molecule has 1 aromatic rings. The summed E-state index contributed by atoms with van der Waals surface area (Å²) in [5.41, 5.74) is 0.0439. The van der Waals surface area contributed by atoms with E-state index in [0.29, 0.717) is 0 Å². The molecule has 0 heterocycles. The fourth-order valence-corrected chi connectivity index (χ4v) is 1.21. The van der Waals surface area contributed by atoms with Crippen LogP contribution < -0.4 is 0 Å². The van der Waals surface area contributed by atoms with Gasteiger partial charge in [0.2, 0.25) is 0 Å². The van der Waals surface area contributed by atoms with E-state index in [1.165, 1.54) is 6.07 Å². The highest BCUT2D eigenvalue weighted by Crippen LogP contribution is 2.27. The second-order valence-corrected chi connectivity index (χ2v) is 3.57. The maximum atomic E-state index is 12.9. The highest BCUT2D eigenvalue weighted by molar-refractivity contribution is 9.10. The molecule has 0 saturated heterocycles. The van der Waals surface area contributed by atoms with Crippen molar-refractivity contribution in [2.24, 2.45) is 0 Å². The van der Waals surface area contributed by atoms with Gasteiger partial charge in [0, 0.05) is 5.56 Å². The highest BCUT2D eigenvalue weighted by Gasteiger charge is 2.10. The van der Waals surface area contributed by atoms with Gasteiger partial charge in [-0.25, -0.2) is 4.39 Å². The molecule has 0 radical (unpaired) electrons. The maximum absolute atomic E-state index is 12.9. The molecule has 0 aliphatic heterocycles. The molecule has 64 valence electrons. The summed E-state index contributed by atoms with van der Waals surface area (Å²) in [5.74, 6) is -0.605. The van der Waals surface area contributed by atoms with Gasteiger partial charge in [-0.3, -0.25) is 4.79 Å². The van der Waals surface area contributed by atoms with Crippen LogP contribution in [0.15, 0.2) is 16.6 Å². The van der Waals surface area contributed by atoms with Crippen LogP contribution in [0.3, 0.4) is 0 Å². The second-order valence-electron chi connectivity index (χ2n) is 2.03. The minimum atomic E-state index is -0.733. The molecule has 5 heteroatoms. The van der Waals surface area contributed by atoms with Crippen LogP contribution in [0.4, 0.5) is 4.39 Å². The summed E-state index contributed by atoms with van der Waals surface area (Å²) >= 11 is 13.6. The molecule has 0 fully saturated rings. The molecule has 1 nitrogen and oxygen atoms in total. The van der Waals surface area contributed by atoms with Crippen molar-refractivity contribution in [1.82, 2.24) is 0 Å². The molecular formula is C7H2BrCl2FO. The van der Waals surface area contributed by atoms with E-state index in [4.69, 9.17) is 23.2 Å². The van der Waals surface area contributed by atoms with Crippen molar-refractivity contribution < 1.29 is 9.18 Å². The van der Waals surface area contributed by atoms with Gasteiger partial charge >= 0.3 is 0 Å². The quantitative estimate of drug-likeness (QED) is 0.563. The van der Waals surface area contributed by atoms with Gasteiger partial charge in [0.1, 0.15) is 5.82 Å². The Morgan fingerprint density at radius 1 is 1.50 bits per heavy atom. The summed E-state index contributed by atoms with van der Waals surface area (Å²) in [7, 11) is 0. The van der Waals surface area contributed by atoms with E-state index in [1.807, 2.05) is 0 Å². The molecule has 0 bridgehead atoms. The molecule has 0 spiro atoms. The van der Waals surface area contributed by atoms with Crippen LogP contribution in [-0.4, -0.2) is 5.24 Å². The number of benzene rings is 1. The van der Waals surface area contributed by atoms with Gasteiger partial charge in [-0.15, -0.1) is 0 Å². The average molecular weight is 272 g/mol. The summed E-state index contributed by atoms with van der Waals surface area (Å²) in [5, 5.41) is -0.609. The molecule has 0 unspecified atom stereocenters. The Morgan fingerprint density at radius 2 is 2.08 bits per heavy atom. The van der Waals surface area contributed by atoms with E-state index < -0.39 is 11.1 Å². The van der Waals surface area contributed by atoms with Gasteiger partial charge in [-0.1, -0.05) is 11.6 Å². The first-order chi connectivity index (χ1) is 5.52. The normalized spacial score (nSPS) is 10.0. The molecule has 0 atom stereocenters. The van der Waals surface area contributed by atoms with Crippen LogP contribution in [0.5, 0.6) is 0 Å². The summed E-state index contributed by atoms with van der Waals surface area (Å²) in [6.45, 7) is 0. The van der Waals surface area contributed by atoms with Gasteiger partial charge in [0.15, 0.2) is 0 Å². The van der Waals surface area contributed by atoms with Crippen LogP contribution in [0.2, 0.25) is 5.02 Å². The zero-order chi connectivity index (χ0) is 9.30. The largest absolute Gasteiger partial charge is 0.276 e. The molecule has 0 aliphatic carbocycles. The van der Waals surface area contributed by atoms with E-state index in [1.54, 1.807) is 0 Å². The highest BCUT2D eigenvalue weighted by atomic mass is 79.9. The molecule has 12 heavy (non-hydrogen) atoms. The van der Waals surface area contributed by atoms with Crippen LogP contribution in [-0.2, 0) is 0 Å². The number of carbonyl (C=O) groups is 1. The van der Waals surface area contributed by atoms with Crippen LogP contribution in [0, 0.1) is 5.82 Å². The van der Waals surface area contributed by atoms with Gasteiger partial charge in [-0.05, 0) is 39.7 Å². The first kappa shape index (κ1) is 9.96. The molecule has 0 aliphatic rings. The van der Waals surface area contributed by atoms with E-state index >= 15 is 0 Å². The Bertz CT molecular complexity index is 317. The van der Waals surface area contributed by atoms with Gasteiger partial charge in [0.05, 0.1) is 9.50 Å². The maximum Gasteiger partial charge on any atom is 0.252 e. The summed E-state index contributed by atoms with van der Waals surface area (Å²) in [6.07, 6.45) is 0. The predicted molar refractivity (Wildman–Crippen MR) is 49.3 cm³/mol. The van der Waals surface area contributed by atoms with E-state index in [2.05, 4.69) is 15.9 Å². The number of halogens is 4. The number of rotatable bonds is 1. The minimum Gasteiger partial charge on any atom is -0.276 e. The first-order valence-electron chi connectivity index (χ1n) is 2.86. The van der Waals surface area contributed by atoms with Crippen molar-refractivity contribution in [2.45, 2.75) is 0 Å². The third kappa shape index (κ3) is 1.97. The molecular weight excluding hydrogens is 270 g/mol. The Labute approximate surface area is 86.6 Å². The van der Waals surface area contributed by atoms with Crippen molar-refractivity contribution in [1.29, 1.82) is 0 Å². The van der Waals surface area contributed by atoms with E-state index in [9.17, 15) is 9.18 Å². The molecule has 0 N–H and O–H groups in total. The van der Waals surface area contributed by atoms with Gasteiger partial charge in [0.25, 0.3) is 5.24 Å². The second kappa shape index (κ2) is 3.73. The minimum absolute atomic E-state index is 0.0439. The summed E-state index contributed by atoms with van der Waals surface area (Å²) in [6, 6.07) is 2.31. The van der Waals surface area contributed by atoms with Gasteiger partial charge < -0.3 is 0 Å². The Balaban J connectivity index is 3.31. The van der Waals surface area contributed by atoms with Crippen molar-refractivity contribution in [3.05, 3.63) is 33.0 Å². The molecule has 1 aromatic carbocycles. The Hall–Kier alpha value is -0.120. The lowest BCUT2D eigenvalue weighted by Gasteiger charge is -1.99. The predicted octanol–water partition coefficient (Wildman–Crippen LogP) is 3.62. The van der Waals surface area contributed by atoms with Crippen LogP contribution in [0.1, 0.15) is 10.4 Å². The zero-order valence-electron chi connectivity index (χ0n) is 5.57. The lowest BCUT2D eigenvalue weighted by atomic mass is 10.2. The van der Waals surface area contributed by atoms with Crippen molar-refractivity contribution in [3.8, 4) is 0 Å². The molecule has 1 rings (SSSR count). The van der Waals surface area contributed by atoms with Crippen LogP contribution in [0.25, 0.3) is 0 Å². The standard InChI is InChI=1S/C7H2BrCl2FO/c8-6-4(9)1-3(7(10)12)2-5(6)11/h1-2H. The van der Waals surface area contributed by atoms with Crippen LogP contribution >= 0.6 is 39.1 Å². The molecule has 0 aromatic heterocycles. The summed E-state index contributed by atoms with van der Waals surface area (Å²) in [4.78, 5) is 10.6. The fraction of sp³-hybridized carbons (Fsp3) is 0. The smallest absolute Gasteiger partial charge is 0.252 e. The van der Waals surface area contributed by atoms with Crippen molar-refractivity contribution in [3.63, 3.8) is 0 Å². The SMILES string of the molecule is O=C(Cl)c1cc(F)c(Br)c(Cl)c1. The fourth-order valence-electron chi connectivity index (χ4n) is 0.669. The monoisotopic (exact) mass is 270 g/mol. The number of carbonyl (C=O) groups excluding carboxylic acids is 1. The van der Waals surface area contributed by atoms with Crippen molar-refractivity contribution >= 4 is 44.4 Å². The van der Waals surface area contributed by atoms with Crippen molar-refractivity contribution in [2.75, 3.05) is 0 Å². The number of hydrogen-bond donors (Lipinski definition) is 0. The van der Waals surface area contributed by atoms with E-state index in [0.717, 1.165) is 6.07 Å². The lowest BCUT2D eigenvalue weighted by Crippen LogP contribution is -1.91.